The number of pyridine rings is 1. The van der Waals surface area contributed by atoms with Gasteiger partial charge in [-0.2, -0.15) is 5.26 Å². The zero-order chi connectivity index (χ0) is 11.4. The Bertz CT molecular complexity index is 426. The van der Waals surface area contributed by atoms with Crippen LogP contribution in [0.3, 0.4) is 0 Å². The van der Waals surface area contributed by atoms with Gasteiger partial charge in [0.1, 0.15) is 17.5 Å². The van der Waals surface area contributed by atoms with Crippen LogP contribution in [0.1, 0.15) is 33.7 Å². The lowest BCUT2D eigenvalue weighted by Crippen LogP contribution is -2.07. The minimum Gasteiger partial charge on any atom is -0.326 e. The number of nitrogens with two attached hydrogens (primary N) is 1. The number of alkyl halides is 2. The van der Waals surface area contributed by atoms with E-state index in [2.05, 4.69) is 4.98 Å². The Morgan fingerprint density at radius 2 is 2.33 bits per heavy atom. The topological polar surface area (TPSA) is 79.8 Å². The average Bonchev–Trinajstić information content (AvgIpc) is 2.26. The minimum atomic E-state index is -2.81. The Kier molecular flexibility index (Phi) is 3.42. The molecule has 4 nitrogen and oxygen atoms in total. The van der Waals surface area contributed by atoms with Gasteiger partial charge in [0.05, 0.1) is 5.56 Å². The summed E-state index contributed by atoms with van der Waals surface area (Å²) < 4.78 is 24.9. The highest BCUT2D eigenvalue weighted by Gasteiger charge is 2.17. The second-order valence-corrected chi connectivity index (χ2v) is 2.71. The third-order valence-corrected chi connectivity index (χ3v) is 1.84. The highest BCUT2D eigenvalue weighted by molar-refractivity contribution is 5.74. The van der Waals surface area contributed by atoms with E-state index in [9.17, 15) is 13.6 Å². The van der Waals surface area contributed by atoms with Crippen LogP contribution in [0.5, 0.6) is 0 Å². The van der Waals surface area contributed by atoms with E-state index >= 15 is 0 Å². The molecule has 78 valence electrons. The molecule has 0 bridgehead atoms. The van der Waals surface area contributed by atoms with E-state index < -0.39 is 17.7 Å². The second kappa shape index (κ2) is 4.57. The van der Waals surface area contributed by atoms with Gasteiger partial charge in [-0.3, -0.25) is 4.79 Å². The lowest BCUT2D eigenvalue weighted by Gasteiger charge is -2.06. The molecular weight excluding hydrogens is 204 g/mol. The average molecular weight is 211 g/mol. The fourth-order valence-corrected chi connectivity index (χ4v) is 1.11. The summed E-state index contributed by atoms with van der Waals surface area (Å²) in [5.41, 5.74) is 4.46. The Morgan fingerprint density at radius 3 is 2.73 bits per heavy atom. The van der Waals surface area contributed by atoms with Gasteiger partial charge in [0.25, 0.3) is 6.43 Å². The second-order valence-electron chi connectivity index (χ2n) is 2.71. The molecule has 0 aliphatic carbocycles. The monoisotopic (exact) mass is 211 g/mol. The van der Waals surface area contributed by atoms with Crippen LogP contribution in [0.25, 0.3) is 0 Å². The van der Waals surface area contributed by atoms with Crippen LogP contribution >= 0.6 is 0 Å². The number of carbonyl (C=O) groups is 1. The Morgan fingerprint density at radius 1 is 1.67 bits per heavy atom. The van der Waals surface area contributed by atoms with Gasteiger partial charge in [-0.15, -0.1) is 0 Å². The maximum absolute atomic E-state index is 12.4. The zero-order valence-corrected chi connectivity index (χ0v) is 7.58. The smallest absolute Gasteiger partial charge is 0.266 e. The first-order valence-corrected chi connectivity index (χ1v) is 4.01. The number of halogens is 2. The van der Waals surface area contributed by atoms with E-state index in [0.29, 0.717) is 6.29 Å². The van der Waals surface area contributed by atoms with Crippen molar-refractivity contribution in [2.75, 3.05) is 0 Å². The summed E-state index contributed by atoms with van der Waals surface area (Å²) in [7, 11) is 0. The molecule has 0 aromatic carbocycles. The van der Waals surface area contributed by atoms with Gasteiger partial charge < -0.3 is 5.73 Å². The van der Waals surface area contributed by atoms with Crippen molar-refractivity contribution in [1.29, 1.82) is 5.26 Å². The van der Waals surface area contributed by atoms with Crippen LogP contribution in [-0.2, 0) is 6.54 Å². The number of nitrogens with zero attached hydrogens (tertiary/aromatic N) is 2. The van der Waals surface area contributed by atoms with Crippen molar-refractivity contribution in [3.63, 3.8) is 0 Å². The number of hydrogen-bond acceptors (Lipinski definition) is 4. The summed E-state index contributed by atoms with van der Waals surface area (Å²) in [6.45, 7) is -0.0769. The van der Waals surface area contributed by atoms with Gasteiger partial charge in [-0.1, -0.05) is 0 Å². The quantitative estimate of drug-likeness (QED) is 0.761. The molecule has 0 fully saturated rings. The molecule has 6 heteroatoms. The molecule has 15 heavy (non-hydrogen) atoms. The van der Waals surface area contributed by atoms with Crippen molar-refractivity contribution in [2.24, 2.45) is 5.73 Å². The molecule has 0 unspecified atom stereocenters. The number of hydrogen-bond donors (Lipinski definition) is 1. The van der Waals surface area contributed by atoms with Crippen LogP contribution in [0, 0.1) is 11.3 Å². The number of aldehydes is 1. The lowest BCUT2D eigenvalue weighted by molar-refractivity contribution is 0.111. The summed E-state index contributed by atoms with van der Waals surface area (Å²) in [5.74, 6) is 0. The van der Waals surface area contributed by atoms with Crippen LogP contribution < -0.4 is 5.73 Å². The van der Waals surface area contributed by atoms with E-state index in [4.69, 9.17) is 11.0 Å². The third kappa shape index (κ3) is 2.14. The van der Waals surface area contributed by atoms with Crippen molar-refractivity contribution >= 4 is 6.29 Å². The Hall–Kier alpha value is -1.87. The maximum Gasteiger partial charge on any atom is 0.266 e. The predicted molar refractivity (Wildman–Crippen MR) is 47.2 cm³/mol. The summed E-state index contributed by atoms with van der Waals surface area (Å²) >= 11 is 0. The van der Waals surface area contributed by atoms with Gasteiger partial charge >= 0.3 is 0 Å². The SMILES string of the molecule is N#Cc1nc(C=O)c(CN)cc1C(F)F. The molecule has 0 spiro atoms. The number of carbonyl (C=O) groups excluding carboxylic acids is 1. The molecule has 0 saturated carbocycles. The Balaban J connectivity index is 3.42. The molecule has 1 rings (SSSR count). The standard InChI is InChI=1S/C9H7F2N3O/c10-9(11)6-1-5(2-12)8(4-15)14-7(6)3-13/h1,4,9H,2,12H2. The molecule has 0 aliphatic heterocycles. The molecule has 0 saturated heterocycles. The van der Waals surface area contributed by atoms with Crippen LogP contribution in [0.2, 0.25) is 0 Å². The normalized spacial score (nSPS) is 10.1. The molecular formula is C9H7F2N3O. The summed E-state index contributed by atoms with van der Waals surface area (Å²) in [6.07, 6.45) is -2.42. The van der Waals surface area contributed by atoms with Crippen molar-refractivity contribution in [3.05, 3.63) is 28.6 Å². The first-order valence-electron chi connectivity index (χ1n) is 4.01. The molecule has 0 aliphatic rings. The molecule has 1 heterocycles. The van der Waals surface area contributed by atoms with E-state index in [1.165, 1.54) is 6.07 Å². The van der Waals surface area contributed by atoms with E-state index in [1.54, 1.807) is 0 Å². The molecule has 1 aromatic heterocycles. The highest BCUT2D eigenvalue weighted by Crippen LogP contribution is 2.23. The zero-order valence-electron chi connectivity index (χ0n) is 7.58. The lowest BCUT2D eigenvalue weighted by atomic mass is 10.1. The molecule has 0 radical (unpaired) electrons. The summed E-state index contributed by atoms with van der Waals surface area (Å²) in [5, 5.41) is 8.56. The van der Waals surface area contributed by atoms with Gasteiger partial charge in [-0.05, 0) is 11.6 Å². The van der Waals surface area contributed by atoms with Crippen LogP contribution in [-0.4, -0.2) is 11.3 Å². The summed E-state index contributed by atoms with van der Waals surface area (Å²) in [6, 6.07) is 2.55. The largest absolute Gasteiger partial charge is 0.326 e. The van der Waals surface area contributed by atoms with Crippen LogP contribution in [0.15, 0.2) is 6.07 Å². The van der Waals surface area contributed by atoms with Crippen LogP contribution in [0.4, 0.5) is 8.78 Å². The first-order chi connectivity index (χ1) is 7.13. The van der Waals surface area contributed by atoms with Crippen molar-refractivity contribution in [2.45, 2.75) is 13.0 Å². The number of nitriles is 1. The molecule has 0 amide bonds. The number of rotatable bonds is 3. The fourth-order valence-electron chi connectivity index (χ4n) is 1.11. The van der Waals surface area contributed by atoms with Crippen molar-refractivity contribution < 1.29 is 13.6 Å². The first kappa shape index (κ1) is 11.2. The van der Waals surface area contributed by atoms with Crippen molar-refractivity contribution in [1.82, 2.24) is 4.98 Å². The van der Waals surface area contributed by atoms with E-state index in [1.807, 2.05) is 0 Å². The number of aromatic nitrogens is 1. The highest BCUT2D eigenvalue weighted by atomic mass is 19.3. The fraction of sp³-hybridized carbons (Fsp3) is 0.222. The van der Waals surface area contributed by atoms with E-state index in [0.717, 1.165) is 6.07 Å². The molecule has 0 atom stereocenters. The third-order valence-electron chi connectivity index (χ3n) is 1.84. The van der Waals surface area contributed by atoms with Gasteiger partial charge in [0, 0.05) is 6.54 Å². The Labute approximate surface area is 84.3 Å². The van der Waals surface area contributed by atoms with E-state index in [-0.39, 0.29) is 17.8 Å². The predicted octanol–water partition coefficient (Wildman–Crippen LogP) is 1.16. The van der Waals surface area contributed by atoms with Gasteiger partial charge in [0.2, 0.25) is 0 Å². The maximum atomic E-state index is 12.4. The van der Waals surface area contributed by atoms with Gasteiger partial charge in [0.15, 0.2) is 6.29 Å². The molecule has 1 aromatic rings. The molecule has 2 N–H and O–H groups in total. The summed E-state index contributed by atoms with van der Waals surface area (Å²) in [4.78, 5) is 14.0. The van der Waals surface area contributed by atoms with Gasteiger partial charge in [-0.25, -0.2) is 13.8 Å². The minimum absolute atomic E-state index is 0.0709. The van der Waals surface area contributed by atoms with Crippen molar-refractivity contribution in [3.8, 4) is 6.07 Å².